The quantitative estimate of drug-likeness (QED) is 0.698. The summed E-state index contributed by atoms with van der Waals surface area (Å²) in [5.74, 6) is 0. The van der Waals surface area contributed by atoms with Gasteiger partial charge in [0.05, 0.1) is 0 Å². The summed E-state index contributed by atoms with van der Waals surface area (Å²) in [6.07, 6.45) is 4.07. The Morgan fingerprint density at radius 3 is 2.62 bits per heavy atom. The number of hydrogen-bond acceptors (Lipinski definition) is 2. The van der Waals surface area contributed by atoms with Gasteiger partial charge in [0.15, 0.2) is 0 Å². The lowest BCUT2D eigenvalue weighted by atomic mass is 9.94. The van der Waals surface area contributed by atoms with E-state index in [1.165, 1.54) is 38.9 Å². The Bertz CT molecular complexity index is 192. The van der Waals surface area contributed by atoms with Crippen molar-refractivity contribution in [2.24, 2.45) is 0 Å². The summed E-state index contributed by atoms with van der Waals surface area (Å²) in [7, 11) is 0. The van der Waals surface area contributed by atoms with E-state index in [0.29, 0.717) is 11.1 Å². The maximum Gasteiger partial charge on any atom is 0.0341 e. The molecule has 0 bridgehead atoms. The smallest absolute Gasteiger partial charge is 0.0341 e. The molecule has 76 valence electrons. The summed E-state index contributed by atoms with van der Waals surface area (Å²) in [6, 6.07) is 0. The first kappa shape index (κ1) is 9.47. The molecule has 1 aliphatic carbocycles. The largest absolute Gasteiger partial charge is 0.314 e. The lowest BCUT2D eigenvalue weighted by Crippen LogP contribution is -2.60. The topological polar surface area (TPSA) is 15.3 Å². The van der Waals surface area contributed by atoms with Gasteiger partial charge < -0.3 is 5.32 Å². The molecule has 0 aromatic carbocycles. The van der Waals surface area contributed by atoms with E-state index in [1.54, 1.807) is 0 Å². The van der Waals surface area contributed by atoms with Gasteiger partial charge in [-0.25, -0.2) is 0 Å². The van der Waals surface area contributed by atoms with Crippen LogP contribution in [0.3, 0.4) is 0 Å². The van der Waals surface area contributed by atoms with Crippen LogP contribution in [-0.2, 0) is 0 Å². The summed E-state index contributed by atoms with van der Waals surface area (Å²) >= 11 is 0. The predicted octanol–water partition coefficient (Wildman–Crippen LogP) is 1.61. The molecule has 2 nitrogen and oxygen atoms in total. The highest BCUT2D eigenvalue weighted by atomic mass is 15.3. The molecule has 1 aliphatic heterocycles. The van der Waals surface area contributed by atoms with Crippen LogP contribution in [-0.4, -0.2) is 35.6 Å². The Morgan fingerprint density at radius 2 is 2.08 bits per heavy atom. The van der Waals surface area contributed by atoms with E-state index in [2.05, 4.69) is 31.0 Å². The Kier molecular flexibility index (Phi) is 2.16. The van der Waals surface area contributed by atoms with Crippen LogP contribution in [0, 0.1) is 0 Å². The van der Waals surface area contributed by atoms with Crippen LogP contribution >= 0.6 is 0 Å². The number of piperazine rings is 1. The lowest BCUT2D eigenvalue weighted by Gasteiger charge is -2.47. The highest BCUT2D eigenvalue weighted by molar-refractivity contribution is 5.11. The molecule has 13 heavy (non-hydrogen) atoms. The SMILES string of the molecule is CCC(C)(C)N1CCNCC12CC2. The van der Waals surface area contributed by atoms with E-state index in [9.17, 15) is 0 Å². The fourth-order valence-electron chi connectivity index (χ4n) is 2.57. The molecular weight excluding hydrogens is 160 g/mol. The van der Waals surface area contributed by atoms with Crippen LogP contribution < -0.4 is 5.32 Å². The minimum Gasteiger partial charge on any atom is -0.314 e. The molecule has 0 aromatic heterocycles. The maximum absolute atomic E-state index is 3.52. The summed E-state index contributed by atoms with van der Waals surface area (Å²) in [6.45, 7) is 10.7. The third-order valence-electron chi connectivity index (χ3n) is 3.96. The van der Waals surface area contributed by atoms with Gasteiger partial charge in [0, 0.05) is 30.7 Å². The molecule has 0 amide bonds. The van der Waals surface area contributed by atoms with Crippen LogP contribution in [0.1, 0.15) is 40.0 Å². The maximum atomic E-state index is 3.52. The molecule has 1 spiro atoms. The van der Waals surface area contributed by atoms with Crippen molar-refractivity contribution in [1.82, 2.24) is 10.2 Å². The van der Waals surface area contributed by atoms with E-state index >= 15 is 0 Å². The monoisotopic (exact) mass is 182 g/mol. The van der Waals surface area contributed by atoms with Crippen LogP contribution in [0.2, 0.25) is 0 Å². The molecule has 1 heterocycles. The van der Waals surface area contributed by atoms with Crippen LogP contribution in [0.25, 0.3) is 0 Å². The first-order valence-corrected chi connectivity index (χ1v) is 5.59. The standard InChI is InChI=1S/C11H22N2/c1-4-10(2,3)13-8-7-12-9-11(13)5-6-11/h12H,4-9H2,1-3H3. The normalized spacial score (nSPS) is 27.9. The van der Waals surface area contributed by atoms with Crippen molar-refractivity contribution in [1.29, 1.82) is 0 Å². The zero-order valence-corrected chi connectivity index (χ0v) is 9.19. The molecule has 2 aliphatic rings. The molecule has 1 saturated heterocycles. The molecular formula is C11H22N2. The second-order valence-electron chi connectivity index (χ2n) is 5.22. The van der Waals surface area contributed by atoms with Gasteiger partial charge in [0.25, 0.3) is 0 Å². The first-order valence-electron chi connectivity index (χ1n) is 5.59. The van der Waals surface area contributed by atoms with E-state index in [0.717, 1.165) is 0 Å². The molecule has 2 heteroatoms. The van der Waals surface area contributed by atoms with Gasteiger partial charge in [0.2, 0.25) is 0 Å². The van der Waals surface area contributed by atoms with Gasteiger partial charge in [-0.15, -0.1) is 0 Å². The fraction of sp³-hybridized carbons (Fsp3) is 1.00. The second-order valence-corrected chi connectivity index (χ2v) is 5.22. The van der Waals surface area contributed by atoms with E-state index in [4.69, 9.17) is 0 Å². The molecule has 0 aromatic rings. The Morgan fingerprint density at radius 1 is 1.38 bits per heavy atom. The molecule has 1 saturated carbocycles. The van der Waals surface area contributed by atoms with E-state index in [-0.39, 0.29) is 0 Å². The first-order chi connectivity index (χ1) is 6.11. The zero-order valence-electron chi connectivity index (χ0n) is 9.19. The number of nitrogens with one attached hydrogen (secondary N) is 1. The van der Waals surface area contributed by atoms with Crippen LogP contribution in [0.4, 0.5) is 0 Å². The average Bonchev–Trinajstić information content (AvgIpc) is 2.86. The molecule has 1 N–H and O–H groups in total. The number of nitrogens with zero attached hydrogens (tertiary/aromatic N) is 1. The Hall–Kier alpha value is -0.0800. The highest BCUT2D eigenvalue weighted by Gasteiger charge is 2.52. The lowest BCUT2D eigenvalue weighted by molar-refractivity contribution is 0.0320. The van der Waals surface area contributed by atoms with Crippen molar-refractivity contribution in [3.63, 3.8) is 0 Å². The van der Waals surface area contributed by atoms with Crippen molar-refractivity contribution >= 4 is 0 Å². The summed E-state index contributed by atoms with van der Waals surface area (Å²) in [5, 5.41) is 3.52. The predicted molar refractivity (Wildman–Crippen MR) is 55.9 cm³/mol. The third-order valence-corrected chi connectivity index (χ3v) is 3.96. The van der Waals surface area contributed by atoms with Gasteiger partial charge >= 0.3 is 0 Å². The Labute approximate surface area is 81.7 Å². The molecule has 0 radical (unpaired) electrons. The molecule has 0 unspecified atom stereocenters. The van der Waals surface area contributed by atoms with Crippen LogP contribution in [0.5, 0.6) is 0 Å². The van der Waals surface area contributed by atoms with Gasteiger partial charge in [-0.2, -0.15) is 0 Å². The van der Waals surface area contributed by atoms with E-state index < -0.39 is 0 Å². The summed E-state index contributed by atoms with van der Waals surface area (Å²) in [4.78, 5) is 2.75. The molecule has 2 rings (SSSR count). The highest BCUT2D eigenvalue weighted by Crippen LogP contribution is 2.46. The fourth-order valence-corrected chi connectivity index (χ4v) is 2.57. The molecule has 2 fully saturated rings. The van der Waals surface area contributed by atoms with Crippen molar-refractivity contribution in [2.75, 3.05) is 19.6 Å². The molecule has 0 atom stereocenters. The second kappa shape index (κ2) is 2.96. The van der Waals surface area contributed by atoms with Crippen LogP contribution in [0.15, 0.2) is 0 Å². The van der Waals surface area contributed by atoms with Crippen molar-refractivity contribution in [3.8, 4) is 0 Å². The summed E-state index contributed by atoms with van der Waals surface area (Å²) < 4.78 is 0. The van der Waals surface area contributed by atoms with Crippen molar-refractivity contribution in [2.45, 2.75) is 51.1 Å². The van der Waals surface area contributed by atoms with Gasteiger partial charge in [-0.3, -0.25) is 4.90 Å². The average molecular weight is 182 g/mol. The van der Waals surface area contributed by atoms with Gasteiger partial charge in [-0.1, -0.05) is 6.92 Å². The minimum absolute atomic E-state index is 0.401. The zero-order chi connectivity index (χ0) is 9.53. The van der Waals surface area contributed by atoms with Gasteiger partial charge in [-0.05, 0) is 33.1 Å². The third kappa shape index (κ3) is 1.50. The van der Waals surface area contributed by atoms with Crippen molar-refractivity contribution < 1.29 is 0 Å². The Balaban J connectivity index is 2.12. The van der Waals surface area contributed by atoms with E-state index in [1.807, 2.05) is 0 Å². The van der Waals surface area contributed by atoms with Crippen molar-refractivity contribution in [3.05, 3.63) is 0 Å². The summed E-state index contributed by atoms with van der Waals surface area (Å²) in [5.41, 5.74) is 0.955. The number of hydrogen-bond donors (Lipinski definition) is 1. The number of rotatable bonds is 2. The van der Waals surface area contributed by atoms with Gasteiger partial charge in [0.1, 0.15) is 0 Å². The minimum atomic E-state index is 0.401.